The number of hydrogen-bond acceptors (Lipinski definition) is 7. The largest absolute Gasteiger partial charge is 0.483 e. The highest BCUT2D eigenvalue weighted by atomic mass is 16.5. The van der Waals surface area contributed by atoms with Gasteiger partial charge in [0.15, 0.2) is 12.9 Å². The maximum absolute atomic E-state index is 13.0. The van der Waals surface area contributed by atoms with Crippen molar-refractivity contribution in [3.63, 3.8) is 0 Å². The molecule has 3 atom stereocenters. The fraction of sp³-hybridized carbons (Fsp3) is 0.320. The summed E-state index contributed by atoms with van der Waals surface area (Å²) in [5.74, 6) is 0.437. The van der Waals surface area contributed by atoms with Crippen LogP contribution in [0.1, 0.15) is 23.1 Å². The average molecular weight is 476 g/mol. The molecule has 0 bridgehead atoms. The number of para-hydroxylation sites is 1. The zero-order valence-corrected chi connectivity index (χ0v) is 19.9. The van der Waals surface area contributed by atoms with Gasteiger partial charge in [-0.2, -0.15) is 5.10 Å². The van der Waals surface area contributed by atoms with Crippen molar-refractivity contribution in [3.8, 4) is 5.75 Å². The van der Waals surface area contributed by atoms with Crippen molar-refractivity contribution in [2.75, 3.05) is 23.5 Å². The van der Waals surface area contributed by atoms with Gasteiger partial charge in [-0.1, -0.05) is 35.9 Å². The molecule has 2 saturated heterocycles. The summed E-state index contributed by atoms with van der Waals surface area (Å²) < 4.78 is 7.25. The van der Waals surface area contributed by atoms with Crippen LogP contribution in [0.5, 0.6) is 5.75 Å². The first-order valence-electron chi connectivity index (χ1n) is 11.6. The van der Waals surface area contributed by atoms with E-state index in [2.05, 4.69) is 26.5 Å². The normalized spacial score (nSPS) is 21.4. The van der Waals surface area contributed by atoms with Gasteiger partial charge < -0.3 is 15.4 Å². The highest BCUT2D eigenvalue weighted by molar-refractivity contribution is 5.91. The zero-order chi connectivity index (χ0) is 24.5. The first-order chi connectivity index (χ1) is 16.9. The van der Waals surface area contributed by atoms with E-state index in [-0.39, 0.29) is 30.5 Å². The summed E-state index contributed by atoms with van der Waals surface area (Å²) in [5, 5.41) is 15.8. The van der Waals surface area contributed by atoms with Gasteiger partial charge in [0.25, 0.3) is 5.91 Å². The molecule has 1 aromatic heterocycles. The van der Waals surface area contributed by atoms with Crippen LogP contribution in [0.4, 0.5) is 11.5 Å². The molecule has 35 heavy (non-hydrogen) atoms. The van der Waals surface area contributed by atoms with E-state index in [0.29, 0.717) is 23.8 Å². The number of ether oxygens (including phenoxy) is 1. The van der Waals surface area contributed by atoms with Gasteiger partial charge in [-0.3, -0.25) is 19.9 Å². The number of carbonyl (C=O) groups excluding carboxylic acids is 2. The molecule has 10 nitrogen and oxygen atoms in total. The zero-order valence-electron chi connectivity index (χ0n) is 19.9. The molecule has 3 aromatic rings. The molecule has 4 N–H and O–H groups in total. The Hall–Kier alpha value is -3.89. The minimum Gasteiger partial charge on any atom is -0.483 e. The van der Waals surface area contributed by atoms with Crippen LogP contribution < -0.4 is 31.1 Å². The second kappa shape index (κ2) is 9.40. The average Bonchev–Trinajstić information content (AvgIpc) is 3.42. The van der Waals surface area contributed by atoms with Crippen LogP contribution in [-0.4, -0.2) is 40.9 Å². The Morgan fingerprint density at radius 2 is 1.91 bits per heavy atom. The molecule has 0 aliphatic carbocycles. The quantitative estimate of drug-likeness (QED) is 0.431. The summed E-state index contributed by atoms with van der Waals surface area (Å²) in [5.41, 5.74) is 7.10. The number of aryl methyl sites for hydroxylation is 3. The van der Waals surface area contributed by atoms with Gasteiger partial charge in [0.1, 0.15) is 17.7 Å². The fourth-order valence-corrected chi connectivity index (χ4v) is 4.40. The number of anilines is 2. The van der Waals surface area contributed by atoms with Crippen molar-refractivity contribution < 1.29 is 14.3 Å². The van der Waals surface area contributed by atoms with E-state index in [4.69, 9.17) is 4.74 Å². The standard InChI is InChI=1S/C25H29N7O3/c1-15-8-10-18(11-9-15)31-23-19(13-26-31)24(34)29-25(28-23)32-21(12-17(3)30-32)27-22(33)14-35-20-7-5-4-6-16(20)2/h4-12,19,23,25-26,28H,13-14H2,1-3H3,(H,27,33)(H,29,34). The molecule has 0 spiro atoms. The Balaban J connectivity index is 1.31. The predicted molar refractivity (Wildman–Crippen MR) is 132 cm³/mol. The molecule has 10 heteroatoms. The van der Waals surface area contributed by atoms with Crippen LogP contribution in [0.2, 0.25) is 0 Å². The summed E-state index contributed by atoms with van der Waals surface area (Å²) in [6.45, 7) is 6.17. The summed E-state index contributed by atoms with van der Waals surface area (Å²) in [7, 11) is 0. The molecule has 2 aliphatic heterocycles. The molecule has 3 unspecified atom stereocenters. The van der Waals surface area contributed by atoms with Crippen LogP contribution in [0, 0.1) is 26.7 Å². The third-order valence-electron chi connectivity index (χ3n) is 6.22. The maximum Gasteiger partial charge on any atom is 0.263 e. The Labute approximate surface area is 203 Å². The van der Waals surface area contributed by atoms with Crippen molar-refractivity contribution in [1.82, 2.24) is 25.8 Å². The highest BCUT2D eigenvalue weighted by Crippen LogP contribution is 2.28. The van der Waals surface area contributed by atoms with Crippen molar-refractivity contribution in [2.45, 2.75) is 33.2 Å². The van der Waals surface area contributed by atoms with E-state index in [1.54, 1.807) is 10.7 Å². The molecule has 182 valence electrons. The van der Waals surface area contributed by atoms with E-state index in [1.807, 2.05) is 74.3 Å². The van der Waals surface area contributed by atoms with Crippen LogP contribution in [0.25, 0.3) is 0 Å². The maximum atomic E-state index is 13.0. The number of carbonyl (C=O) groups is 2. The highest BCUT2D eigenvalue weighted by Gasteiger charge is 2.45. The molecule has 0 saturated carbocycles. The van der Waals surface area contributed by atoms with Crippen molar-refractivity contribution in [1.29, 1.82) is 0 Å². The van der Waals surface area contributed by atoms with E-state index in [1.165, 1.54) is 0 Å². The van der Waals surface area contributed by atoms with Crippen LogP contribution >= 0.6 is 0 Å². The molecule has 0 radical (unpaired) electrons. The predicted octanol–water partition coefficient (Wildman–Crippen LogP) is 1.97. The Bertz CT molecular complexity index is 1240. The smallest absolute Gasteiger partial charge is 0.263 e. The van der Waals surface area contributed by atoms with Gasteiger partial charge in [0.05, 0.1) is 17.3 Å². The molecule has 2 fully saturated rings. The number of aromatic nitrogens is 2. The van der Waals surface area contributed by atoms with E-state index in [0.717, 1.165) is 16.8 Å². The SMILES string of the molecule is Cc1ccc(N2NCC3C(=O)NC(n4nc(C)cc4NC(=O)COc4ccccc4C)NC32)cc1. The van der Waals surface area contributed by atoms with Crippen LogP contribution in [0.15, 0.2) is 54.6 Å². The minimum atomic E-state index is -0.641. The van der Waals surface area contributed by atoms with E-state index in [9.17, 15) is 9.59 Å². The fourth-order valence-electron chi connectivity index (χ4n) is 4.40. The molecule has 2 aliphatic rings. The molecular weight excluding hydrogens is 446 g/mol. The number of rotatable bonds is 6. The second-order valence-corrected chi connectivity index (χ2v) is 8.91. The second-order valence-electron chi connectivity index (χ2n) is 8.91. The topological polar surface area (TPSA) is 113 Å². The third-order valence-corrected chi connectivity index (χ3v) is 6.22. The Morgan fingerprint density at radius 3 is 2.69 bits per heavy atom. The lowest BCUT2D eigenvalue weighted by molar-refractivity contribution is -0.129. The lowest BCUT2D eigenvalue weighted by atomic mass is 10.0. The van der Waals surface area contributed by atoms with Crippen LogP contribution in [0.3, 0.4) is 0 Å². The molecule has 2 aromatic carbocycles. The van der Waals surface area contributed by atoms with Crippen molar-refractivity contribution in [2.24, 2.45) is 5.92 Å². The Kier molecular flexibility index (Phi) is 6.14. The van der Waals surface area contributed by atoms with E-state index >= 15 is 0 Å². The number of amides is 2. The summed E-state index contributed by atoms with van der Waals surface area (Å²) in [4.78, 5) is 25.6. The number of fused-ring (bicyclic) bond motifs is 1. The summed E-state index contributed by atoms with van der Waals surface area (Å²) >= 11 is 0. The van der Waals surface area contributed by atoms with E-state index < -0.39 is 6.29 Å². The van der Waals surface area contributed by atoms with Gasteiger partial charge in [0.2, 0.25) is 5.91 Å². The molecule has 2 amide bonds. The molecule has 3 heterocycles. The number of hydrazine groups is 1. The lowest BCUT2D eigenvalue weighted by Gasteiger charge is -2.37. The number of nitrogens with zero attached hydrogens (tertiary/aromatic N) is 3. The van der Waals surface area contributed by atoms with Gasteiger partial charge in [-0.15, -0.1) is 0 Å². The van der Waals surface area contributed by atoms with Crippen molar-refractivity contribution in [3.05, 3.63) is 71.4 Å². The number of benzene rings is 2. The summed E-state index contributed by atoms with van der Waals surface area (Å²) in [6, 6.07) is 17.4. The number of hydrogen-bond donors (Lipinski definition) is 4. The monoisotopic (exact) mass is 475 g/mol. The lowest BCUT2D eigenvalue weighted by Crippen LogP contribution is -2.61. The first-order valence-corrected chi connectivity index (χ1v) is 11.6. The Morgan fingerprint density at radius 1 is 1.14 bits per heavy atom. The number of nitrogens with one attached hydrogen (secondary N) is 4. The van der Waals surface area contributed by atoms with Gasteiger partial charge >= 0.3 is 0 Å². The molecular formula is C25H29N7O3. The van der Waals surface area contributed by atoms with Gasteiger partial charge in [0, 0.05) is 12.6 Å². The van der Waals surface area contributed by atoms with Crippen LogP contribution in [-0.2, 0) is 9.59 Å². The van der Waals surface area contributed by atoms with Crippen molar-refractivity contribution >= 4 is 23.3 Å². The third kappa shape index (κ3) is 4.71. The van der Waals surface area contributed by atoms with Gasteiger partial charge in [-0.05, 0) is 44.5 Å². The molecule has 5 rings (SSSR count). The first kappa shape index (κ1) is 22.9. The summed E-state index contributed by atoms with van der Waals surface area (Å²) in [6.07, 6.45) is -0.924. The van der Waals surface area contributed by atoms with Gasteiger partial charge in [-0.25, -0.2) is 10.1 Å². The minimum absolute atomic E-state index is 0.0887.